The van der Waals surface area contributed by atoms with E-state index in [9.17, 15) is 23.7 Å². The third kappa shape index (κ3) is 2.90. The van der Waals surface area contributed by atoms with Crippen molar-refractivity contribution in [1.82, 2.24) is 5.32 Å². The van der Waals surface area contributed by atoms with Crippen molar-refractivity contribution in [1.29, 1.82) is 0 Å². The van der Waals surface area contributed by atoms with Crippen LogP contribution in [0.1, 0.15) is 6.92 Å². The van der Waals surface area contributed by atoms with E-state index in [0.717, 1.165) is 0 Å². The summed E-state index contributed by atoms with van der Waals surface area (Å²) in [5, 5.41) is 15.0. The summed E-state index contributed by atoms with van der Waals surface area (Å²) < 4.78 is 26.9. The number of benzene rings is 1. The smallest absolute Gasteiger partial charge is 0.275 e. The van der Waals surface area contributed by atoms with Crippen molar-refractivity contribution in [3.63, 3.8) is 0 Å². The fourth-order valence-electron chi connectivity index (χ4n) is 1.30. The number of carbonyl (C=O) groups is 1. The van der Waals surface area contributed by atoms with Gasteiger partial charge in [-0.15, -0.1) is 0 Å². The molecule has 1 atom stereocenters. The molecule has 2 N–H and O–H groups in total. The summed E-state index contributed by atoms with van der Waals surface area (Å²) in [7, 11) is 1.38. The standard InChI is InChI=1S/C10H11F2N3O3/c1-5(10(16)13-2)14-9-7(11)3-6(15(17)18)4-8(9)12/h3-5,14H,1-2H3,(H,13,16). The maximum Gasteiger partial charge on any atom is 0.275 e. The molecule has 0 aliphatic carbocycles. The van der Waals surface area contributed by atoms with Gasteiger partial charge in [0, 0.05) is 7.05 Å². The Kier molecular flexibility index (Phi) is 4.13. The van der Waals surface area contributed by atoms with Crippen LogP contribution in [-0.4, -0.2) is 23.9 Å². The third-order valence-electron chi connectivity index (χ3n) is 2.24. The van der Waals surface area contributed by atoms with Crippen LogP contribution < -0.4 is 10.6 Å². The van der Waals surface area contributed by atoms with Gasteiger partial charge in [0.15, 0.2) is 11.6 Å². The number of carbonyl (C=O) groups excluding carboxylic acids is 1. The highest BCUT2D eigenvalue weighted by molar-refractivity contribution is 5.84. The molecule has 0 aromatic heterocycles. The summed E-state index contributed by atoms with van der Waals surface area (Å²) in [6, 6.07) is 0.296. The SMILES string of the molecule is CNC(=O)C(C)Nc1c(F)cc([N+](=O)[O-])cc1F. The van der Waals surface area contributed by atoms with Gasteiger partial charge in [0.2, 0.25) is 5.91 Å². The van der Waals surface area contributed by atoms with Gasteiger partial charge < -0.3 is 10.6 Å². The molecule has 98 valence electrons. The lowest BCUT2D eigenvalue weighted by atomic mass is 10.2. The molecule has 0 radical (unpaired) electrons. The first-order valence-corrected chi connectivity index (χ1v) is 4.98. The first kappa shape index (κ1) is 13.8. The molecule has 0 heterocycles. The molecule has 0 fully saturated rings. The minimum Gasteiger partial charge on any atom is -0.369 e. The van der Waals surface area contributed by atoms with Crippen molar-refractivity contribution < 1.29 is 18.5 Å². The lowest BCUT2D eigenvalue weighted by Crippen LogP contribution is -2.35. The zero-order valence-electron chi connectivity index (χ0n) is 9.66. The Bertz CT molecular complexity index is 470. The average Bonchev–Trinajstić information content (AvgIpc) is 2.31. The van der Waals surface area contributed by atoms with Crippen LogP contribution in [0.15, 0.2) is 12.1 Å². The van der Waals surface area contributed by atoms with Crippen molar-refractivity contribution >= 4 is 17.3 Å². The van der Waals surface area contributed by atoms with Gasteiger partial charge in [0.05, 0.1) is 17.1 Å². The largest absolute Gasteiger partial charge is 0.369 e. The minimum absolute atomic E-state index is 0.466. The lowest BCUT2D eigenvalue weighted by Gasteiger charge is -2.14. The topological polar surface area (TPSA) is 84.3 Å². The van der Waals surface area contributed by atoms with Crippen LogP contribution in [0.3, 0.4) is 0 Å². The Hall–Kier alpha value is -2.25. The van der Waals surface area contributed by atoms with Crippen molar-refractivity contribution in [3.8, 4) is 0 Å². The summed E-state index contributed by atoms with van der Waals surface area (Å²) in [6.45, 7) is 1.40. The highest BCUT2D eigenvalue weighted by Crippen LogP contribution is 2.25. The Balaban J connectivity index is 3.04. The van der Waals surface area contributed by atoms with Crippen LogP contribution >= 0.6 is 0 Å². The van der Waals surface area contributed by atoms with Gasteiger partial charge in [-0.05, 0) is 6.92 Å². The zero-order chi connectivity index (χ0) is 13.9. The van der Waals surface area contributed by atoms with Gasteiger partial charge in [0.1, 0.15) is 11.7 Å². The van der Waals surface area contributed by atoms with Gasteiger partial charge >= 0.3 is 0 Å². The van der Waals surface area contributed by atoms with Crippen molar-refractivity contribution in [2.45, 2.75) is 13.0 Å². The molecular formula is C10H11F2N3O3. The number of anilines is 1. The average molecular weight is 259 g/mol. The zero-order valence-corrected chi connectivity index (χ0v) is 9.66. The van der Waals surface area contributed by atoms with Gasteiger partial charge in [-0.2, -0.15) is 0 Å². The van der Waals surface area contributed by atoms with E-state index in [1.54, 1.807) is 0 Å². The summed E-state index contributed by atoms with van der Waals surface area (Å²) in [5.74, 6) is -2.72. The van der Waals surface area contributed by atoms with Crippen LogP contribution in [0.4, 0.5) is 20.2 Å². The maximum absolute atomic E-state index is 13.5. The van der Waals surface area contributed by atoms with E-state index in [1.807, 2.05) is 0 Å². The van der Waals surface area contributed by atoms with E-state index in [-0.39, 0.29) is 0 Å². The predicted octanol–water partition coefficient (Wildman–Crippen LogP) is 1.42. The van der Waals surface area contributed by atoms with E-state index in [2.05, 4.69) is 10.6 Å². The fourth-order valence-corrected chi connectivity index (χ4v) is 1.30. The first-order valence-electron chi connectivity index (χ1n) is 4.98. The molecule has 0 saturated heterocycles. The van der Waals surface area contributed by atoms with Crippen molar-refractivity contribution in [2.75, 3.05) is 12.4 Å². The number of nitro groups is 1. The molecule has 0 saturated carbocycles. The second-order valence-electron chi connectivity index (χ2n) is 3.52. The summed E-state index contributed by atoms with van der Waals surface area (Å²) in [4.78, 5) is 20.7. The Morgan fingerprint density at radius 2 is 1.89 bits per heavy atom. The molecule has 1 aromatic carbocycles. The highest BCUT2D eigenvalue weighted by atomic mass is 19.1. The number of rotatable bonds is 4. The van der Waals surface area contributed by atoms with Crippen LogP contribution in [0, 0.1) is 21.7 Å². The Labute approximate surface area is 101 Å². The van der Waals surface area contributed by atoms with Crippen LogP contribution in [0.2, 0.25) is 0 Å². The third-order valence-corrected chi connectivity index (χ3v) is 2.24. The summed E-state index contributed by atoms with van der Waals surface area (Å²) in [5.41, 5.74) is -1.26. The second kappa shape index (κ2) is 5.39. The molecule has 1 unspecified atom stereocenters. The molecule has 8 heteroatoms. The number of likely N-dealkylation sites (N-methyl/N-ethyl adjacent to an activating group) is 1. The number of hydrogen-bond acceptors (Lipinski definition) is 4. The molecule has 18 heavy (non-hydrogen) atoms. The number of hydrogen-bond donors (Lipinski definition) is 2. The van der Waals surface area contributed by atoms with E-state index in [4.69, 9.17) is 0 Å². The number of nitrogens with zero attached hydrogens (tertiary/aromatic N) is 1. The van der Waals surface area contributed by atoms with Gasteiger partial charge in [0.25, 0.3) is 5.69 Å². The second-order valence-corrected chi connectivity index (χ2v) is 3.52. The van der Waals surface area contributed by atoms with Gasteiger partial charge in [-0.1, -0.05) is 0 Å². The number of amides is 1. The molecule has 0 aliphatic rings. The van der Waals surface area contributed by atoms with Crippen molar-refractivity contribution in [2.24, 2.45) is 0 Å². The Morgan fingerprint density at radius 3 is 2.28 bits per heavy atom. The first-order chi connectivity index (χ1) is 8.36. The number of nitrogens with one attached hydrogen (secondary N) is 2. The molecular weight excluding hydrogens is 248 g/mol. The molecule has 0 spiro atoms. The molecule has 1 rings (SSSR count). The fraction of sp³-hybridized carbons (Fsp3) is 0.300. The van der Waals surface area contributed by atoms with Crippen LogP contribution in [0.25, 0.3) is 0 Å². The normalized spacial score (nSPS) is 11.8. The molecule has 0 bridgehead atoms. The minimum atomic E-state index is -1.13. The molecule has 1 aromatic rings. The Morgan fingerprint density at radius 1 is 1.39 bits per heavy atom. The monoisotopic (exact) mass is 259 g/mol. The lowest BCUT2D eigenvalue weighted by molar-refractivity contribution is -0.385. The molecule has 6 nitrogen and oxygen atoms in total. The van der Waals surface area contributed by atoms with Gasteiger partial charge in [-0.25, -0.2) is 8.78 Å². The molecule has 0 aliphatic heterocycles. The predicted molar refractivity (Wildman–Crippen MR) is 60.2 cm³/mol. The van der Waals surface area contributed by atoms with E-state index in [1.165, 1.54) is 14.0 Å². The quantitative estimate of drug-likeness (QED) is 0.632. The summed E-state index contributed by atoms with van der Waals surface area (Å²) in [6.07, 6.45) is 0. The number of halogens is 2. The summed E-state index contributed by atoms with van der Waals surface area (Å²) >= 11 is 0. The highest BCUT2D eigenvalue weighted by Gasteiger charge is 2.20. The molecule has 1 amide bonds. The van der Waals surface area contributed by atoms with E-state index >= 15 is 0 Å². The van der Waals surface area contributed by atoms with Crippen molar-refractivity contribution in [3.05, 3.63) is 33.9 Å². The number of nitro benzene ring substituents is 1. The number of non-ortho nitro benzene ring substituents is 1. The maximum atomic E-state index is 13.5. The van der Waals surface area contributed by atoms with E-state index in [0.29, 0.717) is 12.1 Å². The van der Waals surface area contributed by atoms with Crippen LogP contribution in [-0.2, 0) is 4.79 Å². The van der Waals surface area contributed by atoms with Gasteiger partial charge in [-0.3, -0.25) is 14.9 Å². The van der Waals surface area contributed by atoms with Crippen LogP contribution in [0.5, 0.6) is 0 Å². The van der Waals surface area contributed by atoms with E-state index < -0.39 is 39.9 Å².